The van der Waals surface area contributed by atoms with E-state index in [1.807, 2.05) is 24.5 Å². The highest BCUT2D eigenvalue weighted by atomic mass is 32.2. The lowest BCUT2D eigenvalue weighted by molar-refractivity contribution is 0.0950. The number of nitriles is 1. The van der Waals surface area contributed by atoms with Crippen molar-refractivity contribution in [3.8, 4) is 11.9 Å². The zero-order valence-electron chi connectivity index (χ0n) is 15.3. The number of carbonyl (C=O) groups is 1. The lowest BCUT2D eigenvalue weighted by Crippen LogP contribution is -2.25. The van der Waals surface area contributed by atoms with Crippen molar-refractivity contribution >= 4 is 17.7 Å². The van der Waals surface area contributed by atoms with Crippen LogP contribution in [0.2, 0.25) is 0 Å². The Hall–Kier alpha value is -3.18. The Morgan fingerprint density at radius 3 is 2.93 bits per heavy atom. The molecule has 140 valence electrons. The highest BCUT2D eigenvalue weighted by molar-refractivity contribution is 7.98. The number of amides is 1. The van der Waals surface area contributed by atoms with Gasteiger partial charge in [-0.25, -0.2) is 14.6 Å². The summed E-state index contributed by atoms with van der Waals surface area (Å²) in [7, 11) is 0. The summed E-state index contributed by atoms with van der Waals surface area (Å²) in [5, 5.41) is 17.3. The van der Waals surface area contributed by atoms with Crippen molar-refractivity contribution in [1.82, 2.24) is 25.1 Å². The van der Waals surface area contributed by atoms with E-state index in [2.05, 4.69) is 26.5 Å². The van der Waals surface area contributed by atoms with Crippen LogP contribution >= 0.6 is 11.8 Å². The van der Waals surface area contributed by atoms with Gasteiger partial charge in [0.05, 0.1) is 11.1 Å². The van der Waals surface area contributed by atoms with E-state index >= 15 is 0 Å². The number of rotatable bonds is 6. The third-order valence-electron chi connectivity index (χ3n) is 4.58. The summed E-state index contributed by atoms with van der Waals surface area (Å²) in [6.45, 7) is 0.280. The average Bonchev–Trinajstić information content (AvgIpc) is 3.45. The molecular formula is C20H18N6OS. The van der Waals surface area contributed by atoms with Crippen LogP contribution in [-0.4, -0.2) is 31.9 Å². The van der Waals surface area contributed by atoms with Gasteiger partial charge in [0.15, 0.2) is 5.82 Å². The summed E-state index contributed by atoms with van der Waals surface area (Å²) in [6, 6.07) is 9.44. The van der Waals surface area contributed by atoms with Gasteiger partial charge in [-0.1, -0.05) is 6.07 Å². The first-order valence-corrected chi connectivity index (χ1v) is 10.1. The van der Waals surface area contributed by atoms with Crippen molar-refractivity contribution in [3.63, 3.8) is 0 Å². The van der Waals surface area contributed by atoms with Crippen molar-refractivity contribution in [1.29, 1.82) is 5.26 Å². The number of nitrogens with one attached hydrogen (secondary N) is 1. The normalized spacial score (nSPS) is 13.1. The lowest BCUT2D eigenvalue weighted by atomic mass is 10.1. The SMILES string of the molecule is CSc1nc(C2CC2)cc(C(=O)NCc2cccnc2-n2cccn2)c1C#N. The van der Waals surface area contributed by atoms with E-state index in [0.717, 1.165) is 24.1 Å². The summed E-state index contributed by atoms with van der Waals surface area (Å²) in [5.41, 5.74) is 2.44. The molecule has 1 N–H and O–H groups in total. The van der Waals surface area contributed by atoms with Crippen LogP contribution in [0.5, 0.6) is 0 Å². The monoisotopic (exact) mass is 390 g/mol. The van der Waals surface area contributed by atoms with Crippen LogP contribution < -0.4 is 5.32 Å². The van der Waals surface area contributed by atoms with Crippen molar-refractivity contribution in [3.05, 3.63) is 65.2 Å². The molecule has 0 aromatic carbocycles. The molecule has 3 heterocycles. The topological polar surface area (TPSA) is 96.5 Å². The maximum absolute atomic E-state index is 12.9. The molecular weight excluding hydrogens is 372 g/mol. The highest BCUT2D eigenvalue weighted by Crippen LogP contribution is 2.40. The molecule has 1 aliphatic rings. The average molecular weight is 390 g/mol. The Balaban J connectivity index is 1.60. The fourth-order valence-corrected chi connectivity index (χ4v) is 3.56. The molecule has 0 saturated heterocycles. The molecule has 7 nitrogen and oxygen atoms in total. The minimum atomic E-state index is -0.286. The Labute approximate surface area is 166 Å². The van der Waals surface area contributed by atoms with Crippen LogP contribution in [0.3, 0.4) is 0 Å². The van der Waals surface area contributed by atoms with Gasteiger partial charge in [-0.3, -0.25) is 4.79 Å². The van der Waals surface area contributed by atoms with Gasteiger partial charge in [0, 0.05) is 42.3 Å². The summed E-state index contributed by atoms with van der Waals surface area (Å²) >= 11 is 1.39. The van der Waals surface area contributed by atoms with Gasteiger partial charge < -0.3 is 5.32 Å². The molecule has 8 heteroatoms. The van der Waals surface area contributed by atoms with E-state index in [1.165, 1.54) is 11.8 Å². The van der Waals surface area contributed by atoms with Gasteiger partial charge in [-0.05, 0) is 37.3 Å². The first-order chi connectivity index (χ1) is 13.7. The molecule has 3 aromatic heterocycles. The first-order valence-electron chi connectivity index (χ1n) is 8.92. The van der Waals surface area contributed by atoms with E-state index in [0.29, 0.717) is 27.9 Å². The highest BCUT2D eigenvalue weighted by Gasteiger charge is 2.28. The molecule has 28 heavy (non-hydrogen) atoms. The maximum atomic E-state index is 12.9. The predicted molar refractivity (Wildman–Crippen MR) is 105 cm³/mol. The van der Waals surface area contributed by atoms with E-state index in [9.17, 15) is 10.1 Å². The molecule has 3 aromatic rings. The van der Waals surface area contributed by atoms with Gasteiger partial charge in [-0.15, -0.1) is 11.8 Å². The summed E-state index contributed by atoms with van der Waals surface area (Å²) in [6.07, 6.45) is 9.19. The molecule has 0 aliphatic heterocycles. The zero-order valence-corrected chi connectivity index (χ0v) is 16.1. The van der Waals surface area contributed by atoms with E-state index in [-0.39, 0.29) is 12.5 Å². The molecule has 0 radical (unpaired) electrons. The maximum Gasteiger partial charge on any atom is 0.253 e. The number of nitrogens with zero attached hydrogens (tertiary/aromatic N) is 5. The van der Waals surface area contributed by atoms with Crippen LogP contribution in [0, 0.1) is 11.3 Å². The second kappa shape index (κ2) is 7.82. The Kier molecular flexibility index (Phi) is 5.08. The minimum absolute atomic E-state index is 0.280. The third kappa shape index (κ3) is 3.62. The summed E-state index contributed by atoms with van der Waals surface area (Å²) in [5.74, 6) is 0.771. The number of pyridine rings is 2. The molecule has 4 rings (SSSR count). The predicted octanol–water partition coefficient (Wildman–Crippen LogP) is 3.06. The number of hydrogen-bond acceptors (Lipinski definition) is 6. The second-order valence-electron chi connectivity index (χ2n) is 6.48. The molecule has 0 atom stereocenters. The van der Waals surface area contributed by atoms with E-state index in [1.54, 1.807) is 29.3 Å². The van der Waals surface area contributed by atoms with Crippen LogP contribution in [0.1, 0.15) is 45.9 Å². The van der Waals surface area contributed by atoms with Crippen LogP contribution in [0.4, 0.5) is 0 Å². The van der Waals surface area contributed by atoms with Gasteiger partial charge in [0.1, 0.15) is 11.1 Å². The van der Waals surface area contributed by atoms with Gasteiger partial charge in [0.2, 0.25) is 0 Å². The van der Waals surface area contributed by atoms with Gasteiger partial charge >= 0.3 is 0 Å². The standard InChI is InChI=1S/C20H18N6OS/c1-28-20-16(11-21)15(10-17(25-20)13-5-6-13)19(27)23-12-14-4-2-7-22-18(14)26-9-3-8-24-26/h2-4,7-10,13H,5-6,12H2,1H3,(H,23,27). The largest absolute Gasteiger partial charge is 0.348 e. The molecule has 1 amide bonds. The first kappa shape index (κ1) is 18.2. The Morgan fingerprint density at radius 1 is 1.39 bits per heavy atom. The zero-order chi connectivity index (χ0) is 19.5. The van der Waals surface area contributed by atoms with Crippen LogP contribution in [0.25, 0.3) is 5.82 Å². The van der Waals surface area contributed by atoms with Crippen molar-refractivity contribution in [2.24, 2.45) is 0 Å². The Morgan fingerprint density at radius 2 is 2.25 bits per heavy atom. The molecule has 0 spiro atoms. The van der Waals surface area contributed by atoms with Crippen molar-refractivity contribution in [2.45, 2.75) is 30.3 Å². The molecule has 1 aliphatic carbocycles. The molecule has 1 fully saturated rings. The summed E-state index contributed by atoms with van der Waals surface area (Å²) < 4.78 is 1.66. The van der Waals surface area contributed by atoms with E-state index < -0.39 is 0 Å². The number of carbonyl (C=O) groups excluding carboxylic acids is 1. The summed E-state index contributed by atoms with van der Waals surface area (Å²) in [4.78, 5) is 21.9. The van der Waals surface area contributed by atoms with Crippen LogP contribution in [0.15, 0.2) is 47.9 Å². The van der Waals surface area contributed by atoms with Crippen LogP contribution in [-0.2, 0) is 6.54 Å². The fourth-order valence-electron chi connectivity index (χ4n) is 3.00. The second-order valence-corrected chi connectivity index (χ2v) is 7.28. The smallest absolute Gasteiger partial charge is 0.253 e. The van der Waals surface area contributed by atoms with Crippen molar-refractivity contribution < 1.29 is 4.79 Å². The fraction of sp³-hybridized carbons (Fsp3) is 0.250. The molecule has 0 unspecified atom stereocenters. The molecule has 1 saturated carbocycles. The number of aromatic nitrogens is 4. The van der Waals surface area contributed by atoms with Gasteiger partial charge in [-0.2, -0.15) is 10.4 Å². The minimum Gasteiger partial charge on any atom is -0.348 e. The van der Waals surface area contributed by atoms with E-state index in [4.69, 9.17) is 0 Å². The molecule has 0 bridgehead atoms. The van der Waals surface area contributed by atoms with Gasteiger partial charge in [0.25, 0.3) is 5.91 Å². The number of hydrogen-bond donors (Lipinski definition) is 1. The van der Waals surface area contributed by atoms with Crippen molar-refractivity contribution in [2.75, 3.05) is 6.26 Å². The number of thioether (sulfide) groups is 1. The third-order valence-corrected chi connectivity index (χ3v) is 5.26. The quantitative estimate of drug-likeness (QED) is 0.650. The Bertz CT molecular complexity index is 1050. The lowest BCUT2D eigenvalue weighted by Gasteiger charge is -2.12.